The van der Waals surface area contributed by atoms with Crippen molar-refractivity contribution in [2.75, 3.05) is 0 Å². The second-order valence-electron chi connectivity index (χ2n) is 2.84. The molecule has 70 valence electrons. The zero-order valence-corrected chi connectivity index (χ0v) is 12.3. The molecule has 2 rings (SSSR count). The van der Waals surface area contributed by atoms with Crippen LogP contribution in [0.3, 0.4) is 0 Å². The van der Waals surface area contributed by atoms with E-state index in [0.29, 0.717) is 5.25 Å². The maximum absolute atomic E-state index is 2.33. The molecule has 0 radical (unpaired) electrons. The average molecular weight is 312 g/mol. The molecule has 1 heterocycles. The van der Waals surface area contributed by atoms with Crippen molar-refractivity contribution in [2.24, 2.45) is 0 Å². The molecule has 0 saturated heterocycles. The van der Waals surface area contributed by atoms with Crippen molar-refractivity contribution in [1.29, 1.82) is 0 Å². The number of fused-ring (bicyclic) bond motifs is 1. The molecule has 0 nitrogen and oxygen atoms in total. The van der Waals surface area contributed by atoms with E-state index in [-0.39, 0.29) is 51.0 Å². The quantitative estimate of drug-likeness (QED) is 0.457. The molecule has 0 aromatic rings. The van der Waals surface area contributed by atoms with E-state index >= 15 is 0 Å². The van der Waals surface area contributed by atoms with E-state index in [1.807, 2.05) is 11.8 Å². The number of hydrogen-bond donors (Lipinski definition) is 0. The van der Waals surface area contributed by atoms with Crippen LogP contribution in [0, 0.1) is 0 Å². The van der Waals surface area contributed by atoms with Gasteiger partial charge in [-0.25, -0.2) is 0 Å². The number of thioether (sulfide) groups is 1. The second-order valence-corrected chi connectivity index (χ2v) is 4.26. The van der Waals surface area contributed by atoms with E-state index in [2.05, 4.69) is 32.1 Å². The van der Waals surface area contributed by atoms with Crippen molar-refractivity contribution in [3.05, 3.63) is 34.3 Å². The molecule has 0 N–H and O–H groups in total. The molecule has 0 amide bonds. The molecular weight excluding hydrogens is 302 g/mol. The van der Waals surface area contributed by atoms with E-state index in [1.165, 1.54) is 16.1 Å². The largest absolute Gasteiger partial charge is 2.00 e. The molecular formula is C9H10Cl2SZr. The van der Waals surface area contributed by atoms with Gasteiger partial charge >= 0.3 is 26.2 Å². The van der Waals surface area contributed by atoms with Gasteiger partial charge in [-0.05, 0) is 31.1 Å². The van der Waals surface area contributed by atoms with Crippen molar-refractivity contribution in [1.82, 2.24) is 0 Å². The summed E-state index contributed by atoms with van der Waals surface area (Å²) in [4.78, 5) is 1.46. The molecule has 0 aromatic heterocycles. The number of rotatable bonds is 0. The Morgan fingerprint density at radius 2 is 1.85 bits per heavy atom. The molecule has 1 aliphatic heterocycles. The van der Waals surface area contributed by atoms with Crippen LogP contribution in [0.1, 0.15) is 13.8 Å². The summed E-state index contributed by atoms with van der Waals surface area (Å²) in [6.07, 6.45) is 6.85. The van der Waals surface area contributed by atoms with Crippen LogP contribution >= 0.6 is 11.8 Å². The molecule has 13 heavy (non-hydrogen) atoms. The Morgan fingerprint density at radius 1 is 1.23 bits per heavy atom. The fourth-order valence-electron chi connectivity index (χ4n) is 1.37. The van der Waals surface area contributed by atoms with Crippen molar-refractivity contribution in [3.63, 3.8) is 0 Å². The minimum atomic E-state index is 0. The maximum atomic E-state index is 2.33. The molecule has 0 spiro atoms. The summed E-state index contributed by atoms with van der Waals surface area (Å²) in [6, 6.07) is 0. The third-order valence-electron chi connectivity index (χ3n) is 1.75. The van der Waals surface area contributed by atoms with Crippen molar-refractivity contribution < 1.29 is 51.0 Å². The molecule has 1 unspecified atom stereocenters. The van der Waals surface area contributed by atoms with Crippen molar-refractivity contribution in [2.45, 2.75) is 19.1 Å². The van der Waals surface area contributed by atoms with Crippen molar-refractivity contribution in [3.8, 4) is 0 Å². The fourth-order valence-corrected chi connectivity index (χ4v) is 2.50. The Bertz CT molecular complexity index is 269. The SMILES string of the molecule is CC1=CC2=CC(C)SC2=C1.[Cl-].[Cl-].[Zr+2]. The fraction of sp³-hybridized carbons (Fsp3) is 0.333. The van der Waals surface area contributed by atoms with Gasteiger partial charge < -0.3 is 24.8 Å². The summed E-state index contributed by atoms with van der Waals surface area (Å²) < 4.78 is 0. The second kappa shape index (κ2) is 6.50. The van der Waals surface area contributed by atoms with Gasteiger partial charge in [-0.2, -0.15) is 0 Å². The normalized spacial score (nSPS) is 22.6. The third-order valence-corrected chi connectivity index (χ3v) is 2.87. The third kappa shape index (κ3) is 3.59. The molecule has 0 fully saturated rings. The van der Waals surface area contributed by atoms with E-state index in [4.69, 9.17) is 0 Å². The summed E-state index contributed by atoms with van der Waals surface area (Å²) in [6.45, 7) is 4.39. The van der Waals surface area contributed by atoms with E-state index in [1.54, 1.807) is 0 Å². The molecule has 2 aliphatic rings. The van der Waals surface area contributed by atoms with Gasteiger partial charge in [0.15, 0.2) is 0 Å². The average Bonchev–Trinajstić information content (AvgIpc) is 2.21. The van der Waals surface area contributed by atoms with Gasteiger partial charge in [-0.1, -0.05) is 12.2 Å². The van der Waals surface area contributed by atoms with Crippen LogP contribution in [0.2, 0.25) is 0 Å². The predicted octanol–water partition coefficient (Wildman–Crippen LogP) is -3.10. The van der Waals surface area contributed by atoms with Crippen LogP contribution in [-0.4, -0.2) is 5.25 Å². The first-order valence-corrected chi connectivity index (χ1v) is 4.42. The standard InChI is InChI=1S/C9H10S.2ClH.Zr/c1-6-3-8-5-7(2)10-9(8)4-6;;;/h3-5,7H,1-2H3;2*1H;/q;;;+2/p-2. The minimum Gasteiger partial charge on any atom is -1.00 e. The zero-order valence-electron chi connectivity index (χ0n) is 7.47. The van der Waals surface area contributed by atoms with Gasteiger partial charge in [0, 0.05) is 10.2 Å². The van der Waals surface area contributed by atoms with Gasteiger partial charge in [0.2, 0.25) is 0 Å². The molecule has 1 atom stereocenters. The molecule has 0 bridgehead atoms. The Hall–Kier alpha value is 1.03. The summed E-state index contributed by atoms with van der Waals surface area (Å²) in [5, 5.41) is 0.686. The number of allylic oxidation sites excluding steroid dienone is 4. The number of hydrogen-bond acceptors (Lipinski definition) is 1. The monoisotopic (exact) mass is 310 g/mol. The van der Waals surface area contributed by atoms with Gasteiger partial charge in [0.05, 0.1) is 0 Å². The topological polar surface area (TPSA) is 0 Å². The zero-order chi connectivity index (χ0) is 7.14. The maximum Gasteiger partial charge on any atom is 2.00 e. The Labute approximate surface area is 115 Å². The smallest absolute Gasteiger partial charge is 1.00 e. The van der Waals surface area contributed by atoms with E-state index in [9.17, 15) is 0 Å². The van der Waals surface area contributed by atoms with Gasteiger partial charge in [-0.3, -0.25) is 0 Å². The van der Waals surface area contributed by atoms with Gasteiger partial charge in [0.1, 0.15) is 0 Å². The van der Waals surface area contributed by atoms with Gasteiger partial charge in [-0.15, -0.1) is 11.8 Å². The Balaban J connectivity index is 0. The molecule has 0 saturated carbocycles. The first-order chi connectivity index (χ1) is 4.75. The van der Waals surface area contributed by atoms with Crippen LogP contribution in [0.15, 0.2) is 34.3 Å². The van der Waals surface area contributed by atoms with Crippen LogP contribution in [-0.2, 0) is 26.2 Å². The summed E-state index contributed by atoms with van der Waals surface area (Å²) in [5.41, 5.74) is 2.83. The first kappa shape index (κ1) is 16.5. The molecule has 0 aromatic carbocycles. The van der Waals surface area contributed by atoms with E-state index < -0.39 is 0 Å². The predicted molar refractivity (Wildman–Crippen MR) is 47.0 cm³/mol. The molecule has 1 aliphatic carbocycles. The summed E-state index contributed by atoms with van der Waals surface area (Å²) in [5.74, 6) is 0. The van der Waals surface area contributed by atoms with Crippen LogP contribution in [0.25, 0.3) is 0 Å². The van der Waals surface area contributed by atoms with E-state index in [0.717, 1.165) is 0 Å². The summed E-state index contributed by atoms with van der Waals surface area (Å²) in [7, 11) is 0. The molecule has 4 heteroatoms. The first-order valence-electron chi connectivity index (χ1n) is 3.54. The van der Waals surface area contributed by atoms with Crippen LogP contribution in [0.4, 0.5) is 0 Å². The van der Waals surface area contributed by atoms with Crippen molar-refractivity contribution >= 4 is 11.8 Å². The minimum absolute atomic E-state index is 0. The van der Waals surface area contributed by atoms with Crippen LogP contribution < -0.4 is 24.8 Å². The van der Waals surface area contributed by atoms with Crippen LogP contribution in [0.5, 0.6) is 0 Å². The Kier molecular flexibility index (Phi) is 8.24. The summed E-state index contributed by atoms with van der Waals surface area (Å²) >= 11 is 1.96. The van der Waals surface area contributed by atoms with Gasteiger partial charge in [0.25, 0.3) is 0 Å². The number of halogens is 2. The Morgan fingerprint density at radius 3 is 2.38 bits per heavy atom.